The standard InChI is InChI=1S/C17H14FNO2/c1-2-11-19-17(20)15-5-3-4-6-16(15)21-12-13-7-9-14(18)10-8-13/h1,3-10H,11-12H2,(H,19,20). The molecule has 0 fully saturated rings. The van der Waals surface area contributed by atoms with Crippen LogP contribution in [0.25, 0.3) is 0 Å². The molecule has 21 heavy (non-hydrogen) atoms. The fourth-order valence-electron chi connectivity index (χ4n) is 1.75. The molecule has 106 valence electrons. The number of benzene rings is 2. The van der Waals surface area contributed by atoms with Crippen molar-refractivity contribution in [2.24, 2.45) is 0 Å². The molecule has 0 aromatic heterocycles. The first-order valence-electron chi connectivity index (χ1n) is 6.38. The van der Waals surface area contributed by atoms with Gasteiger partial charge in [0.2, 0.25) is 0 Å². The van der Waals surface area contributed by atoms with E-state index in [1.165, 1.54) is 12.1 Å². The van der Waals surface area contributed by atoms with Crippen molar-refractivity contribution in [3.05, 3.63) is 65.5 Å². The molecular weight excluding hydrogens is 269 g/mol. The van der Waals surface area contributed by atoms with Crippen molar-refractivity contribution >= 4 is 5.91 Å². The Bertz CT molecular complexity index is 659. The van der Waals surface area contributed by atoms with Gasteiger partial charge < -0.3 is 10.1 Å². The molecule has 0 atom stereocenters. The minimum Gasteiger partial charge on any atom is -0.488 e. The Balaban J connectivity index is 2.08. The highest BCUT2D eigenvalue weighted by Crippen LogP contribution is 2.19. The van der Waals surface area contributed by atoms with Crippen LogP contribution in [-0.2, 0) is 6.61 Å². The third-order valence-corrected chi connectivity index (χ3v) is 2.79. The largest absolute Gasteiger partial charge is 0.488 e. The fraction of sp³-hybridized carbons (Fsp3) is 0.118. The lowest BCUT2D eigenvalue weighted by atomic mass is 10.2. The van der Waals surface area contributed by atoms with Crippen molar-refractivity contribution < 1.29 is 13.9 Å². The molecule has 2 aromatic rings. The van der Waals surface area contributed by atoms with Gasteiger partial charge in [0.1, 0.15) is 18.2 Å². The van der Waals surface area contributed by atoms with E-state index in [1.54, 1.807) is 36.4 Å². The smallest absolute Gasteiger partial charge is 0.255 e. The van der Waals surface area contributed by atoms with Gasteiger partial charge in [-0.3, -0.25) is 4.79 Å². The molecule has 1 amide bonds. The van der Waals surface area contributed by atoms with Crippen molar-refractivity contribution in [3.8, 4) is 18.1 Å². The Labute approximate surface area is 122 Å². The number of amides is 1. The predicted molar refractivity (Wildman–Crippen MR) is 78.3 cm³/mol. The quantitative estimate of drug-likeness (QED) is 0.857. The maximum Gasteiger partial charge on any atom is 0.255 e. The van der Waals surface area contributed by atoms with Gasteiger partial charge in [0.15, 0.2) is 0 Å². The van der Waals surface area contributed by atoms with Crippen LogP contribution < -0.4 is 10.1 Å². The molecule has 3 nitrogen and oxygen atoms in total. The van der Waals surface area contributed by atoms with E-state index in [0.717, 1.165) is 5.56 Å². The molecule has 2 aromatic carbocycles. The second-order valence-electron chi connectivity index (χ2n) is 4.30. The van der Waals surface area contributed by atoms with Gasteiger partial charge in [0, 0.05) is 0 Å². The van der Waals surface area contributed by atoms with Gasteiger partial charge in [-0.2, -0.15) is 0 Å². The first-order chi connectivity index (χ1) is 10.2. The number of carbonyl (C=O) groups is 1. The van der Waals surface area contributed by atoms with Crippen molar-refractivity contribution in [1.29, 1.82) is 0 Å². The third kappa shape index (κ3) is 4.08. The number of rotatable bonds is 5. The van der Waals surface area contributed by atoms with Crippen LogP contribution in [0.4, 0.5) is 4.39 Å². The Morgan fingerprint density at radius 3 is 2.62 bits per heavy atom. The summed E-state index contributed by atoms with van der Waals surface area (Å²) in [6.45, 7) is 0.408. The van der Waals surface area contributed by atoms with E-state index in [4.69, 9.17) is 11.2 Å². The summed E-state index contributed by atoms with van der Waals surface area (Å²) in [5.41, 5.74) is 1.23. The molecule has 0 bridgehead atoms. The van der Waals surface area contributed by atoms with Crippen molar-refractivity contribution in [1.82, 2.24) is 5.32 Å². The molecule has 0 radical (unpaired) electrons. The van der Waals surface area contributed by atoms with E-state index in [-0.39, 0.29) is 24.9 Å². The van der Waals surface area contributed by atoms with E-state index < -0.39 is 0 Å². The molecule has 2 rings (SSSR count). The number of halogens is 1. The molecule has 0 spiro atoms. The van der Waals surface area contributed by atoms with E-state index in [9.17, 15) is 9.18 Å². The first-order valence-corrected chi connectivity index (χ1v) is 6.38. The second kappa shape index (κ2) is 7.11. The zero-order valence-corrected chi connectivity index (χ0v) is 11.3. The number of terminal acetylenes is 1. The SMILES string of the molecule is C#CCNC(=O)c1ccccc1OCc1ccc(F)cc1. The lowest BCUT2D eigenvalue weighted by Crippen LogP contribution is -2.24. The van der Waals surface area contributed by atoms with Gasteiger partial charge in [-0.1, -0.05) is 30.2 Å². The Hall–Kier alpha value is -2.80. The zero-order chi connectivity index (χ0) is 15.1. The van der Waals surface area contributed by atoms with Gasteiger partial charge in [-0.05, 0) is 29.8 Å². The molecule has 0 aliphatic heterocycles. The minimum atomic E-state index is -0.298. The number of carbonyl (C=O) groups excluding carboxylic acids is 1. The first kappa shape index (κ1) is 14.6. The lowest BCUT2D eigenvalue weighted by molar-refractivity contribution is 0.0954. The van der Waals surface area contributed by atoms with Crippen LogP contribution >= 0.6 is 0 Å². The molecule has 0 saturated carbocycles. The summed E-state index contributed by atoms with van der Waals surface area (Å²) in [5.74, 6) is 2.21. The van der Waals surface area contributed by atoms with E-state index in [1.807, 2.05) is 0 Å². The van der Waals surface area contributed by atoms with Crippen molar-refractivity contribution in [3.63, 3.8) is 0 Å². The summed E-state index contributed by atoms with van der Waals surface area (Å²) in [4.78, 5) is 11.9. The number of hydrogen-bond acceptors (Lipinski definition) is 2. The topological polar surface area (TPSA) is 38.3 Å². The zero-order valence-electron chi connectivity index (χ0n) is 11.3. The van der Waals surface area contributed by atoms with Gasteiger partial charge in [0.25, 0.3) is 5.91 Å². The monoisotopic (exact) mass is 283 g/mol. The Morgan fingerprint density at radius 1 is 1.19 bits per heavy atom. The summed E-state index contributed by atoms with van der Waals surface area (Å²) in [6, 6.07) is 12.9. The average molecular weight is 283 g/mol. The normalized spacial score (nSPS) is 9.71. The highest BCUT2D eigenvalue weighted by molar-refractivity contribution is 5.97. The summed E-state index contributed by atoms with van der Waals surface area (Å²) < 4.78 is 18.5. The number of para-hydroxylation sites is 1. The summed E-state index contributed by atoms with van der Waals surface area (Å²) in [6.07, 6.45) is 5.11. The highest BCUT2D eigenvalue weighted by Gasteiger charge is 2.11. The predicted octanol–water partition coefficient (Wildman–Crippen LogP) is 2.77. The third-order valence-electron chi connectivity index (χ3n) is 2.79. The summed E-state index contributed by atoms with van der Waals surface area (Å²) in [5, 5.41) is 2.59. The number of ether oxygens (including phenoxy) is 1. The van der Waals surface area contributed by atoms with Gasteiger partial charge >= 0.3 is 0 Å². The van der Waals surface area contributed by atoms with E-state index >= 15 is 0 Å². The molecule has 1 N–H and O–H groups in total. The molecule has 4 heteroatoms. The van der Waals surface area contributed by atoms with Crippen LogP contribution in [0.1, 0.15) is 15.9 Å². The molecular formula is C17H14FNO2. The van der Waals surface area contributed by atoms with Gasteiger partial charge in [-0.15, -0.1) is 6.42 Å². The molecule has 0 aliphatic carbocycles. The van der Waals surface area contributed by atoms with Crippen LogP contribution in [-0.4, -0.2) is 12.5 Å². The molecule has 0 unspecified atom stereocenters. The van der Waals surface area contributed by atoms with Crippen LogP contribution in [0.2, 0.25) is 0 Å². The number of nitrogens with one attached hydrogen (secondary N) is 1. The fourth-order valence-corrected chi connectivity index (χ4v) is 1.75. The Kier molecular flexibility index (Phi) is 4.94. The average Bonchev–Trinajstić information content (AvgIpc) is 2.52. The minimum absolute atomic E-state index is 0.158. The van der Waals surface area contributed by atoms with Crippen LogP contribution in [0.3, 0.4) is 0 Å². The highest BCUT2D eigenvalue weighted by atomic mass is 19.1. The lowest BCUT2D eigenvalue weighted by Gasteiger charge is -2.11. The molecule has 0 aliphatic rings. The summed E-state index contributed by atoms with van der Waals surface area (Å²) >= 11 is 0. The van der Waals surface area contributed by atoms with Gasteiger partial charge in [-0.25, -0.2) is 4.39 Å². The van der Waals surface area contributed by atoms with Gasteiger partial charge in [0.05, 0.1) is 12.1 Å². The summed E-state index contributed by atoms with van der Waals surface area (Å²) in [7, 11) is 0. The van der Waals surface area contributed by atoms with Crippen LogP contribution in [0.15, 0.2) is 48.5 Å². The molecule has 0 saturated heterocycles. The van der Waals surface area contributed by atoms with Crippen molar-refractivity contribution in [2.75, 3.05) is 6.54 Å². The van der Waals surface area contributed by atoms with Crippen LogP contribution in [0, 0.1) is 18.2 Å². The van der Waals surface area contributed by atoms with E-state index in [0.29, 0.717) is 11.3 Å². The van der Waals surface area contributed by atoms with Crippen LogP contribution in [0.5, 0.6) is 5.75 Å². The Morgan fingerprint density at radius 2 is 1.90 bits per heavy atom. The maximum absolute atomic E-state index is 12.8. The maximum atomic E-state index is 12.8. The van der Waals surface area contributed by atoms with E-state index in [2.05, 4.69) is 11.2 Å². The van der Waals surface area contributed by atoms with Crippen molar-refractivity contribution in [2.45, 2.75) is 6.61 Å². The molecule has 0 heterocycles. The second-order valence-corrected chi connectivity index (χ2v) is 4.30. The number of hydrogen-bond donors (Lipinski definition) is 1.